The number of hydrogen-bond donors (Lipinski definition) is 1. The molecule has 5 rings (SSSR count). The first-order chi connectivity index (χ1) is 16.9. The molecule has 2 aromatic carbocycles. The minimum atomic E-state index is -0.621. The molecule has 0 unspecified atom stereocenters. The molecule has 2 heterocycles. The molecule has 2 atom stereocenters. The third-order valence-electron chi connectivity index (χ3n) is 7.64. The van der Waals surface area contributed by atoms with Crippen LogP contribution in [0.2, 0.25) is 0 Å². The number of amides is 1. The summed E-state index contributed by atoms with van der Waals surface area (Å²) in [5, 5.41) is 11.7. The number of carbonyl (C=O) groups excluding carboxylic acids is 1. The lowest BCUT2D eigenvalue weighted by Crippen LogP contribution is -2.55. The summed E-state index contributed by atoms with van der Waals surface area (Å²) in [6.07, 6.45) is 4.57. The molecule has 1 aliphatic carbocycles. The van der Waals surface area contributed by atoms with Crippen LogP contribution >= 0.6 is 0 Å². The Morgan fingerprint density at radius 1 is 1.17 bits per heavy atom. The van der Waals surface area contributed by atoms with Crippen LogP contribution in [0.25, 0.3) is 22.1 Å². The number of nitrogens with zero attached hydrogens (tertiary/aromatic N) is 1. The molecule has 184 valence electrons. The molecule has 1 aromatic heterocycles. The Balaban J connectivity index is 1.34. The van der Waals surface area contributed by atoms with Gasteiger partial charge in [0.25, 0.3) is 5.91 Å². The van der Waals surface area contributed by atoms with Crippen LogP contribution in [0.15, 0.2) is 51.7 Å². The molecule has 35 heavy (non-hydrogen) atoms. The Hall–Kier alpha value is -3.32. The number of methoxy groups -OCH3 is 1. The molecule has 1 amide bonds. The summed E-state index contributed by atoms with van der Waals surface area (Å²) >= 11 is 0. The van der Waals surface area contributed by atoms with E-state index < -0.39 is 11.2 Å². The molecule has 1 N–H and O–H groups in total. The van der Waals surface area contributed by atoms with Crippen LogP contribution < -0.4 is 15.1 Å². The number of likely N-dealkylation sites (tertiary alicyclic amines) is 1. The van der Waals surface area contributed by atoms with Gasteiger partial charge in [0.1, 0.15) is 17.1 Å². The highest BCUT2D eigenvalue weighted by Gasteiger charge is 2.43. The van der Waals surface area contributed by atoms with Crippen LogP contribution in [0.3, 0.4) is 0 Å². The first-order valence-corrected chi connectivity index (χ1v) is 12.2. The molecule has 1 saturated heterocycles. The fraction of sp³-hybridized carbons (Fsp3) is 0.429. The minimum absolute atomic E-state index is 0.0921. The summed E-state index contributed by atoms with van der Waals surface area (Å²) in [4.78, 5) is 27.1. The minimum Gasteiger partial charge on any atom is -0.497 e. The molecule has 7 heteroatoms. The topological polar surface area (TPSA) is 89.2 Å². The number of piperidine rings is 1. The number of rotatable bonds is 5. The standard InChI is InChI=1S/C28H31NO6/c1-18-24(34-17-25(30)29-14-13-28(32)12-4-3-5-20(28)16-29)11-10-22-23(15-26(31)35-27(18)22)19-6-8-21(33-2)9-7-19/h6-11,15,20,32H,3-5,12-14,16-17H2,1-2H3/t20-,28-/m0/s1. The van der Waals surface area contributed by atoms with Gasteiger partial charge in [-0.1, -0.05) is 25.0 Å². The Morgan fingerprint density at radius 2 is 1.97 bits per heavy atom. The van der Waals surface area contributed by atoms with Crippen molar-refractivity contribution < 1.29 is 23.8 Å². The molecule has 7 nitrogen and oxygen atoms in total. The number of carbonyl (C=O) groups is 1. The molecular formula is C28H31NO6. The van der Waals surface area contributed by atoms with Gasteiger partial charge in [-0.3, -0.25) is 4.79 Å². The highest BCUT2D eigenvalue weighted by Crippen LogP contribution is 2.40. The van der Waals surface area contributed by atoms with Crippen molar-refractivity contribution in [3.05, 3.63) is 58.4 Å². The van der Waals surface area contributed by atoms with E-state index in [9.17, 15) is 14.7 Å². The summed E-state index contributed by atoms with van der Waals surface area (Å²) in [6, 6.07) is 12.6. The van der Waals surface area contributed by atoms with E-state index in [1.54, 1.807) is 7.11 Å². The number of benzene rings is 2. The first-order valence-electron chi connectivity index (χ1n) is 12.2. The molecule has 0 spiro atoms. The fourth-order valence-electron chi connectivity index (χ4n) is 5.54. The second-order valence-corrected chi connectivity index (χ2v) is 9.70. The van der Waals surface area contributed by atoms with E-state index in [0.717, 1.165) is 47.9 Å². The predicted octanol–water partition coefficient (Wildman–Crippen LogP) is 4.31. The fourth-order valence-corrected chi connectivity index (χ4v) is 5.54. The van der Waals surface area contributed by atoms with Gasteiger partial charge < -0.3 is 23.9 Å². The zero-order valence-electron chi connectivity index (χ0n) is 20.2. The smallest absolute Gasteiger partial charge is 0.336 e. The average molecular weight is 478 g/mol. The van der Waals surface area contributed by atoms with Gasteiger partial charge in [0.2, 0.25) is 0 Å². The molecule has 2 fully saturated rings. The Morgan fingerprint density at radius 3 is 2.74 bits per heavy atom. The van der Waals surface area contributed by atoms with Crippen molar-refractivity contribution in [1.82, 2.24) is 4.90 Å². The summed E-state index contributed by atoms with van der Waals surface area (Å²) in [5.41, 5.74) is 1.68. The number of hydrogen-bond acceptors (Lipinski definition) is 6. The maximum atomic E-state index is 12.9. The highest BCUT2D eigenvalue weighted by atomic mass is 16.5. The largest absolute Gasteiger partial charge is 0.497 e. The van der Waals surface area contributed by atoms with E-state index >= 15 is 0 Å². The van der Waals surface area contributed by atoms with Crippen LogP contribution in [-0.4, -0.2) is 48.3 Å². The molecule has 1 aliphatic heterocycles. The number of ether oxygens (including phenoxy) is 2. The average Bonchev–Trinajstić information content (AvgIpc) is 2.87. The van der Waals surface area contributed by atoms with Crippen LogP contribution in [-0.2, 0) is 4.79 Å². The zero-order valence-corrected chi connectivity index (χ0v) is 20.2. The monoisotopic (exact) mass is 477 g/mol. The van der Waals surface area contributed by atoms with E-state index in [4.69, 9.17) is 13.9 Å². The van der Waals surface area contributed by atoms with Gasteiger partial charge in [0.05, 0.1) is 12.7 Å². The van der Waals surface area contributed by atoms with E-state index in [1.807, 2.05) is 48.2 Å². The predicted molar refractivity (Wildman–Crippen MR) is 133 cm³/mol. The van der Waals surface area contributed by atoms with Crippen molar-refractivity contribution in [2.24, 2.45) is 5.92 Å². The second-order valence-electron chi connectivity index (χ2n) is 9.70. The van der Waals surface area contributed by atoms with E-state index in [2.05, 4.69) is 0 Å². The van der Waals surface area contributed by atoms with Crippen molar-refractivity contribution in [2.75, 3.05) is 26.8 Å². The van der Waals surface area contributed by atoms with Crippen LogP contribution in [0, 0.1) is 12.8 Å². The summed E-state index contributed by atoms with van der Waals surface area (Å²) in [6.45, 7) is 2.85. The number of aryl methyl sites for hydroxylation is 1. The van der Waals surface area contributed by atoms with E-state index in [-0.39, 0.29) is 18.4 Å². The van der Waals surface area contributed by atoms with E-state index in [1.165, 1.54) is 6.07 Å². The lowest BCUT2D eigenvalue weighted by atomic mass is 9.71. The molecule has 2 aliphatic rings. The molecule has 3 aromatic rings. The first kappa shape index (κ1) is 23.4. The maximum absolute atomic E-state index is 12.9. The molecule has 0 bridgehead atoms. The zero-order chi connectivity index (χ0) is 24.6. The van der Waals surface area contributed by atoms with Crippen molar-refractivity contribution in [2.45, 2.75) is 44.6 Å². The van der Waals surface area contributed by atoms with E-state index in [0.29, 0.717) is 36.4 Å². The van der Waals surface area contributed by atoms with Gasteiger partial charge in [-0.15, -0.1) is 0 Å². The second kappa shape index (κ2) is 9.38. The van der Waals surface area contributed by atoms with Crippen LogP contribution in [0.4, 0.5) is 0 Å². The van der Waals surface area contributed by atoms with Gasteiger partial charge in [-0.25, -0.2) is 4.79 Å². The number of fused-ring (bicyclic) bond motifs is 2. The van der Waals surface area contributed by atoms with Gasteiger partial charge >= 0.3 is 5.63 Å². The van der Waals surface area contributed by atoms with Crippen molar-refractivity contribution >= 4 is 16.9 Å². The van der Waals surface area contributed by atoms with Gasteiger partial charge in [-0.2, -0.15) is 0 Å². The molecular weight excluding hydrogens is 446 g/mol. The third kappa shape index (κ3) is 4.52. The summed E-state index contributed by atoms with van der Waals surface area (Å²) in [5.74, 6) is 1.29. The van der Waals surface area contributed by atoms with Crippen molar-refractivity contribution in [3.63, 3.8) is 0 Å². The highest BCUT2D eigenvalue weighted by molar-refractivity contribution is 5.95. The van der Waals surface area contributed by atoms with Gasteiger partial charge in [0, 0.05) is 36.0 Å². The SMILES string of the molecule is COc1ccc(-c2cc(=O)oc3c(C)c(OCC(=O)N4CC[C@@]5(O)CCCC[C@H]5C4)ccc23)cc1. The molecule has 1 saturated carbocycles. The normalized spacial score (nSPS) is 22.0. The van der Waals surface area contributed by atoms with Gasteiger partial charge in [-0.05, 0) is 61.6 Å². The lowest BCUT2D eigenvalue weighted by molar-refractivity contribution is -0.145. The molecule has 0 radical (unpaired) electrons. The summed E-state index contributed by atoms with van der Waals surface area (Å²) < 4.78 is 16.7. The third-order valence-corrected chi connectivity index (χ3v) is 7.64. The Bertz CT molecular complexity index is 1300. The Labute approximate surface area is 204 Å². The van der Waals surface area contributed by atoms with Crippen molar-refractivity contribution in [1.29, 1.82) is 0 Å². The number of aliphatic hydroxyl groups is 1. The van der Waals surface area contributed by atoms with Crippen LogP contribution in [0.5, 0.6) is 11.5 Å². The quantitative estimate of drug-likeness (QED) is 0.551. The summed E-state index contributed by atoms with van der Waals surface area (Å²) in [7, 11) is 1.61. The van der Waals surface area contributed by atoms with Gasteiger partial charge in [0.15, 0.2) is 6.61 Å². The Kier molecular flexibility index (Phi) is 6.28. The van der Waals surface area contributed by atoms with Crippen LogP contribution in [0.1, 0.15) is 37.7 Å². The maximum Gasteiger partial charge on any atom is 0.336 e. The lowest BCUT2D eigenvalue weighted by Gasteiger charge is -2.47. The van der Waals surface area contributed by atoms with Crippen molar-refractivity contribution in [3.8, 4) is 22.6 Å².